The number of carbonyl (C=O) groups is 1. The molecule has 0 radical (unpaired) electrons. The fourth-order valence-corrected chi connectivity index (χ4v) is 2.73. The Morgan fingerprint density at radius 1 is 1.50 bits per heavy atom. The highest BCUT2D eigenvalue weighted by Crippen LogP contribution is 2.39. The van der Waals surface area contributed by atoms with Crippen molar-refractivity contribution in [1.29, 1.82) is 0 Å². The first kappa shape index (κ1) is 15.0. The van der Waals surface area contributed by atoms with E-state index in [1.165, 1.54) is 17.6 Å². The normalized spacial score (nSPS) is 13.6. The maximum atomic E-state index is 11.2. The van der Waals surface area contributed by atoms with Crippen molar-refractivity contribution in [3.8, 4) is 0 Å². The average molecular weight is 319 g/mol. The van der Waals surface area contributed by atoms with Gasteiger partial charge in [0.05, 0.1) is 11.0 Å². The summed E-state index contributed by atoms with van der Waals surface area (Å²) in [7, 11) is -4.37. The molecule has 1 aromatic carbocycles. The van der Waals surface area contributed by atoms with Crippen LogP contribution in [0.5, 0.6) is 0 Å². The van der Waals surface area contributed by atoms with Crippen LogP contribution in [0.4, 0.5) is 0 Å². The van der Waals surface area contributed by atoms with E-state index in [1.54, 1.807) is 12.1 Å². The molecule has 0 bridgehead atoms. The number of carboxylic acid groups (broad SMARTS) is 1. The van der Waals surface area contributed by atoms with E-state index in [9.17, 15) is 9.36 Å². The maximum Gasteiger partial charge on any atom is 0.345 e. The van der Waals surface area contributed by atoms with Crippen LogP contribution in [0, 0.1) is 0 Å². The molecule has 1 heterocycles. The molecule has 108 valence electrons. The van der Waals surface area contributed by atoms with E-state index in [2.05, 4.69) is 4.98 Å². The summed E-state index contributed by atoms with van der Waals surface area (Å²) in [5, 5.41) is 9.47. The van der Waals surface area contributed by atoms with E-state index in [4.69, 9.17) is 26.5 Å². The van der Waals surface area contributed by atoms with Crippen LogP contribution in [0.15, 0.2) is 18.2 Å². The van der Waals surface area contributed by atoms with Gasteiger partial charge in [-0.1, -0.05) is 11.6 Å². The number of aromatic nitrogens is 2. The topological polar surface area (TPSA) is 113 Å². The van der Waals surface area contributed by atoms with Gasteiger partial charge in [0, 0.05) is 5.02 Å². The van der Waals surface area contributed by atoms with Crippen LogP contribution in [-0.4, -0.2) is 30.4 Å². The minimum absolute atomic E-state index is 0.0816. The van der Waals surface area contributed by atoms with E-state index < -0.39 is 25.8 Å². The lowest BCUT2D eigenvalue weighted by Crippen LogP contribution is -2.14. The molecule has 1 atom stereocenters. The molecule has 0 aliphatic heterocycles. The lowest BCUT2D eigenvalue weighted by molar-refractivity contribution is -0.138. The maximum absolute atomic E-state index is 11.2. The summed E-state index contributed by atoms with van der Waals surface area (Å²) in [6.07, 6.45) is -0.627. The summed E-state index contributed by atoms with van der Waals surface area (Å²) >= 11 is 5.84. The molecule has 0 amide bonds. The van der Waals surface area contributed by atoms with Gasteiger partial charge in [-0.2, -0.15) is 0 Å². The largest absolute Gasteiger partial charge is 0.481 e. The lowest BCUT2D eigenvalue weighted by atomic mass is 10.2. The van der Waals surface area contributed by atoms with Gasteiger partial charge in [0.25, 0.3) is 0 Å². The van der Waals surface area contributed by atoms with E-state index in [1.807, 2.05) is 0 Å². The summed E-state index contributed by atoms with van der Waals surface area (Å²) in [5.41, 5.74) is 0.829. The van der Waals surface area contributed by atoms with Gasteiger partial charge in [-0.15, -0.1) is 0 Å². The number of benzene rings is 1. The summed E-state index contributed by atoms with van der Waals surface area (Å²) in [6, 6.07) is 4.63. The summed E-state index contributed by atoms with van der Waals surface area (Å²) < 4.78 is 12.5. The van der Waals surface area contributed by atoms with Crippen LogP contribution in [0.2, 0.25) is 5.02 Å². The predicted molar refractivity (Wildman–Crippen MR) is 72.8 cm³/mol. The zero-order valence-electron chi connectivity index (χ0n) is 10.4. The number of imidazole rings is 1. The average Bonchev–Trinajstić information content (AvgIpc) is 2.63. The molecule has 0 fully saturated rings. The Bertz CT molecular complexity index is 723. The van der Waals surface area contributed by atoms with Gasteiger partial charge in [-0.05, 0) is 25.1 Å². The zero-order valence-corrected chi connectivity index (χ0v) is 12.0. The monoisotopic (exact) mass is 318 g/mol. The molecule has 0 aliphatic carbocycles. The molecule has 0 spiro atoms. The highest BCUT2D eigenvalue weighted by molar-refractivity contribution is 7.50. The molecule has 0 saturated heterocycles. The molecule has 3 N–H and O–H groups in total. The van der Waals surface area contributed by atoms with E-state index in [0.29, 0.717) is 16.1 Å². The number of hydrogen-bond acceptors (Lipinski definition) is 3. The Labute approximate surface area is 119 Å². The van der Waals surface area contributed by atoms with Gasteiger partial charge in [0.15, 0.2) is 0 Å². The van der Waals surface area contributed by atoms with Gasteiger partial charge in [-0.3, -0.25) is 9.36 Å². The predicted octanol–water partition coefficient (Wildman–Crippen LogP) is 2.01. The Hall–Kier alpha value is -1.40. The molecule has 20 heavy (non-hydrogen) atoms. The molecule has 0 aliphatic rings. The number of fused-ring (bicyclic) bond motifs is 1. The van der Waals surface area contributed by atoms with Crippen LogP contribution < -0.4 is 0 Å². The Morgan fingerprint density at radius 2 is 2.15 bits per heavy atom. The third kappa shape index (κ3) is 3.02. The summed E-state index contributed by atoms with van der Waals surface area (Å²) in [6.45, 7) is 1.40. The minimum atomic E-state index is -4.37. The van der Waals surface area contributed by atoms with Crippen LogP contribution in [0.1, 0.15) is 18.7 Å². The van der Waals surface area contributed by atoms with Gasteiger partial charge in [0.2, 0.25) is 0 Å². The third-order valence-corrected chi connectivity index (χ3v) is 3.71. The Morgan fingerprint density at radius 3 is 2.70 bits per heavy atom. The van der Waals surface area contributed by atoms with Crippen molar-refractivity contribution >= 4 is 36.2 Å². The summed E-state index contributed by atoms with van der Waals surface area (Å²) in [4.78, 5) is 33.5. The molecule has 2 rings (SSSR count). The van der Waals surface area contributed by atoms with Crippen molar-refractivity contribution < 1.29 is 24.3 Å². The second-order valence-electron chi connectivity index (χ2n) is 4.40. The van der Waals surface area contributed by atoms with E-state index in [0.717, 1.165) is 0 Å². The van der Waals surface area contributed by atoms with Crippen molar-refractivity contribution in [3.05, 3.63) is 29.0 Å². The van der Waals surface area contributed by atoms with Crippen molar-refractivity contribution in [2.24, 2.45) is 0 Å². The van der Waals surface area contributed by atoms with Gasteiger partial charge in [-0.25, -0.2) is 4.98 Å². The minimum Gasteiger partial charge on any atom is -0.481 e. The Balaban J connectivity index is 2.68. The molecule has 1 aromatic heterocycles. The van der Waals surface area contributed by atoms with Crippen LogP contribution in [0.3, 0.4) is 0 Å². The quantitative estimate of drug-likeness (QED) is 0.743. The second-order valence-corrected chi connectivity index (χ2v) is 6.45. The fourth-order valence-electron chi connectivity index (χ4n) is 1.90. The number of carboxylic acids is 1. The molecule has 0 saturated carbocycles. The molecule has 2 aromatic rings. The summed E-state index contributed by atoms with van der Waals surface area (Å²) in [5.74, 6) is -2.04. The van der Waals surface area contributed by atoms with Gasteiger partial charge >= 0.3 is 13.6 Å². The van der Waals surface area contributed by atoms with E-state index in [-0.39, 0.29) is 5.82 Å². The Kier molecular flexibility index (Phi) is 3.88. The van der Waals surface area contributed by atoms with Crippen LogP contribution in [0.25, 0.3) is 11.0 Å². The number of nitrogens with zero attached hydrogens (tertiary/aromatic N) is 2. The standard InChI is InChI=1S/C11H12ClN2O5P/c1-6(11(15)16)10-13-8-4-7(12)2-3-9(8)14(10)5-20(17,18)19/h2-4,6H,5H2,1H3,(H,15,16)(H2,17,18,19). The first-order valence-corrected chi connectivity index (χ1v) is 7.79. The zero-order chi connectivity index (χ0) is 15.1. The first-order valence-electron chi connectivity index (χ1n) is 5.62. The van der Waals surface area contributed by atoms with Crippen LogP contribution in [-0.2, 0) is 15.6 Å². The third-order valence-electron chi connectivity index (χ3n) is 2.82. The number of halogens is 1. The van der Waals surface area contributed by atoms with Gasteiger partial charge in [0.1, 0.15) is 18.0 Å². The molecule has 9 heteroatoms. The fraction of sp³-hybridized carbons (Fsp3) is 0.273. The van der Waals surface area contributed by atoms with Crippen molar-refractivity contribution in [2.45, 2.75) is 19.1 Å². The SMILES string of the molecule is CC(C(=O)O)c1nc2cc(Cl)ccc2n1CP(=O)(O)O. The molecular weight excluding hydrogens is 307 g/mol. The van der Waals surface area contributed by atoms with Crippen molar-refractivity contribution in [2.75, 3.05) is 0 Å². The highest BCUT2D eigenvalue weighted by Gasteiger charge is 2.26. The second kappa shape index (κ2) is 5.18. The molecule has 7 nitrogen and oxygen atoms in total. The van der Waals surface area contributed by atoms with Gasteiger partial charge < -0.3 is 19.5 Å². The lowest BCUT2D eigenvalue weighted by Gasteiger charge is -2.12. The number of aliphatic carboxylic acids is 1. The van der Waals surface area contributed by atoms with E-state index >= 15 is 0 Å². The number of hydrogen-bond donors (Lipinski definition) is 3. The molecule has 1 unspecified atom stereocenters. The highest BCUT2D eigenvalue weighted by atomic mass is 35.5. The smallest absolute Gasteiger partial charge is 0.345 e. The molecular formula is C11H12ClN2O5P. The number of rotatable bonds is 4. The van der Waals surface area contributed by atoms with Crippen molar-refractivity contribution in [1.82, 2.24) is 9.55 Å². The first-order chi connectivity index (χ1) is 9.19. The van der Waals surface area contributed by atoms with Crippen LogP contribution >= 0.6 is 19.2 Å². The van der Waals surface area contributed by atoms with Crippen molar-refractivity contribution in [3.63, 3.8) is 0 Å².